The number of methoxy groups -OCH3 is 3. The highest BCUT2D eigenvalue weighted by atomic mass is 16.6. The van der Waals surface area contributed by atoms with Crippen LogP contribution in [0.4, 0.5) is 23.7 Å². The maximum Gasteiger partial charge on any atom is 0.329 e. The summed E-state index contributed by atoms with van der Waals surface area (Å²) < 4.78 is 66.3. The summed E-state index contributed by atoms with van der Waals surface area (Å²) in [5.41, 5.74) is 20.9. The van der Waals surface area contributed by atoms with E-state index < -0.39 is 102 Å². The molecule has 5 aliphatic heterocycles. The summed E-state index contributed by atoms with van der Waals surface area (Å²) in [4.78, 5) is 151. The number of rotatable bonds is 31. The maximum absolute atomic E-state index is 14.8. The number of carbonyl (C=O) groups excluding carboxylic acids is 8. The highest BCUT2D eigenvalue weighted by Gasteiger charge is 2.53. The predicted molar refractivity (Wildman–Crippen MR) is 508 cm³/mol. The van der Waals surface area contributed by atoms with Crippen molar-refractivity contribution in [2.24, 2.45) is 35.5 Å². The Bertz CT molecular complexity index is 5410. The number of amides is 3. The normalized spacial score (nSPS) is 26.5. The third kappa shape index (κ3) is 27.2. The van der Waals surface area contributed by atoms with Gasteiger partial charge in [-0.15, -0.1) is 0 Å². The molecule has 37 heteroatoms. The summed E-state index contributed by atoms with van der Waals surface area (Å²) in [6.07, 6.45) is 19.2. The quantitative estimate of drug-likeness (QED) is 0.0117. The summed E-state index contributed by atoms with van der Waals surface area (Å²) in [5, 5.41) is 32.3. The second-order valence-electron chi connectivity index (χ2n) is 37.0. The van der Waals surface area contributed by atoms with Crippen molar-refractivity contribution in [1.82, 2.24) is 59.8 Å². The molecule has 13 rings (SSSR count). The van der Waals surface area contributed by atoms with E-state index in [1.165, 1.54) is 36.3 Å². The number of hydrogen-bond donors (Lipinski definition) is 5. The number of nitrogens with one attached hydrogen (secondary N) is 1. The molecule has 4 fully saturated rings. The smallest absolute Gasteiger partial charge is 0.329 e. The molecule has 5 aromatic heterocycles. The van der Waals surface area contributed by atoms with Gasteiger partial charge in [-0.1, -0.05) is 89.3 Å². The van der Waals surface area contributed by atoms with Gasteiger partial charge in [0.2, 0.25) is 23.6 Å². The van der Waals surface area contributed by atoms with Gasteiger partial charge in [-0.3, -0.25) is 33.6 Å². The zero-order valence-electron chi connectivity index (χ0n) is 80.4. The fourth-order valence-corrected chi connectivity index (χ4v) is 19.0. The van der Waals surface area contributed by atoms with Crippen LogP contribution in [0.3, 0.4) is 0 Å². The summed E-state index contributed by atoms with van der Waals surface area (Å²) in [7, 11) is 4.51. The van der Waals surface area contributed by atoms with Crippen LogP contribution in [0.15, 0.2) is 120 Å². The first-order chi connectivity index (χ1) is 66.1. The second-order valence-corrected chi connectivity index (χ2v) is 37.0. The number of aliphatic hydroxyl groups is 2. The van der Waals surface area contributed by atoms with Crippen molar-refractivity contribution in [2.45, 2.75) is 219 Å². The molecule has 7 aromatic rings. The van der Waals surface area contributed by atoms with E-state index in [-0.39, 0.29) is 99.6 Å². The first-order valence-electron chi connectivity index (χ1n) is 48.0. The molecule has 740 valence electrons. The average Bonchev–Trinajstić information content (AvgIpc) is 1.64. The number of aliphatic hydroxyl groups excluding tert-OH is 1. The van der Waals surface area contributed by atoms with E-state index in [4.69, 9.17) is 68.4 Å². The average molecular weight is 1900 g/mol. The zero-order chi connectivity index (χ0) is 97.4. The van der Waals surface area contributed by atoms with Gasteiger partial charge in [0.25, 0.3) is 23.6 Å². The molecule has 0 spiro atoms. The van der Waals surface area contributed by atoms with Crippen LogP contribution < -0.4 is 26.6 Å². The van der Waals surface area contributed by atoms with Crippen LogP contribution in [0.2, 0.25) is 0 Å². The lowest BCUT2D eigenvalue weighted by Gasteiger charge is -2.42. The van der Waals surface area contributed by atoms with E-state index in [0.29, 0.717) is 206 Å². The lowest BCUT2D eigenvalue weighted by Crippen LogP contribution is -2.61. The van der Waals surface area contributed by atoms with Gasteiger partial charge < -0.3 is 98.4 Å². The number of cyclic esters (lactones) is 1. The Balaban J connectivity index is 0.493. The number of piperidine rings is 1. The van der Waals surface area contributed by atoms with Crippen molar-refractivity contribution < 1.29 is 100 Å². The highest BCUT2D eigenvalue weighted by molar-refractivity contribution is 6.39. The minimum atomic E-state index is -2.49. The fourth-order valence-electron chi connectivity index (χ4n) is 19.0. The van der Waals surface area contributed by atoms with Gasteiger partial charge in [0.05, 0.1) is 95.1 Å². The Morgan fingerprint density at radius 3 is 2.12 bits per heavy atom. The van der Waals surface area contributed by atoms with Crippen molar-refractivity contribution in [1.29, 1.82) is 0 Å². The van der Waals surface area contributed by atoms with Crippen LogP contribution in [-0.4, -0.2) is 286 Å². The first-order valence-corrected chi connectivity index (χ1v) is 48.0. The van der Waals surface area contributed by atoms with Crippen LogP contribution in [-0.2, 0) is 107 Å². The van der Waals surface area contributed by atoms with E-state index in [2.05, 4.69) is 63.3 Å². The van der Waals surface area contributed by atoms with Crippen molar-refractivity contribution in [3.05, 3.63) is 143 Å². The number of esters is 2. The maximum atomic E-state index is 14.8. The van der Waals surface area contributed by atoms with Gasteiger partial charge >= 0.3 is 11.9 Å². The number of aromatic nitrogens is 9. The number of ketones is 3. The molecule has 1 saturated carbocycles. The number of nitrogens with zero attached hydrogens (tertiary/aromatic N) is 13. The number of piperazine rings is 1. The Labute approximate surface area is 798 Å². The molecule has 0 radical (unpaired) electrons. The van der Waals surface area contributed by atoms with E-state index in [1.54, 1.807) is 66.5 Å². The van der Waals surface area contributed by atoms with Crippen LogP contribution in [0, 0.1) is 35.5 Å². The SMILES string of the molecule is CO[C@H]1C[C@@H]2CC[C@@H](C)[C@@](O)(O2)C(=O)C(=O)N2CCCC[C@H]2C(=O)O[C@H]([C@H](C)C[C@@H]2CC[C@@H](OC(=O)CCc3cnc(N4CCN(c5ncc(C(=O)NCCOCCOCCOCCOCCC(=O)N6CCc7cc(Cn8nc(-c9ccc%10oc(N)nc%10c9)c9c(N)ncnc98)ccc7C6)cn5)CC4)nc3)[C@H](OC)C2)CC(=O)[C@H](C)/C=C(\C)[C@@H](O)[C@@H](OC)C(=O)[C@H](C)C[C@H](C)/C=C/C=C/C=C/1C. The molecule has 137 heavy (non-hydrogen) atoms. The van der Waals surface area contributed by atoms with Crippen molar-refractivity contribution >= 4 is 92.9 Å². The number of carbonyl (C=O) groups is 8. The number of Topliss-reactive ketones (excluding diaryl/α,β-unsaturated/α-hetero) is 3. The Hall–Kier alpha value is -11.3. The number of nitrogens with two attached hydrogens (primary N) is 2. The highest BCUT2D eigenvalue weighted by Crippen LogP contribution is 2.40. The van der Waals surface area contributed by atoms with E-state index in [1.807, 2.05) is 77.8 Å². The van der Waals surface area contributed by atoms with Crippen LogP contribution in [0.25, 0.3) is 33.4 Å². The molecular weight excluding hydrogens is 1760 g/mol. The number of fused-ring (bicyclic) bond motifs is 6. The summed E-state index contributed by atoms with van der Waals surface area (Å²) >= 11 is 0. The van der Waals surface area contributed by atoms with E-state index in [0.717, 1.165) is 34.2 Å². The molecule has 10 heterocycles. The molecule has 15 atom stereocenters. The number of oxazole rings is 1. The van der Waals surface area contributed by atoms with Crippen molar-refractivity contribution in [3.63, 3.8) is 0 Å². The molecule has 1 aliphatic carbocycles. The molecule has 6 aliphatic rings. The summed E-state index contributed by atoms with van der Waals surface area (Å²) in [6.45, 7) is 19.4. The number of benzene rings is 2. The first kappa shape index (κ1) is 103. The number of nitrogen functional groups attached to an aromatic ring is 2. The van der Waals surface area contributed by atoms with E-state index >= 15 is 0 Å². The topological polar surface area (TPSA) is 468 Å². The van der Waals surface area contributed by atoms with Crippen LogP contribution >= 0.6 is 0 Å². The Morgan fingerprint density at radius 1 is 0.701 bits per heavy atom. The summed E-state index contributed by atoms with van der Waals surface area (Å²) in [5.74, 6) is -8.09. The molecule has 0 unspecified atom stereocenters. The monoisotopic (exact) mass is 1890 g/mol. The molecule has 2 aromatic carbocycles. The number of hydrogen-bond acceptors (Lipinski definition) is 33. The number of allylic oxidation sites excluding steroid dienone is 6. The molecule has 7 N–H and O–H groups in total. The third-order valence-electron chi connectivity index (χ3n) is 27.1. The van der Waals surface area contributed by atoms with Gasteiger partial charge in [-0.05, 0) is 160 Å². The summed E-state index contributed by atoms with van der Waals surface area (Å²) in [6, 6.07) is 10.7. The molecule has 3 amide bonds. The Kier molecular flexibility index (Phi) is 37.1. The number of ether oxygens (including phenoxy) is 10. The van der Waals surface area contributed by atoms with Gasteiger partial charge in [0.1, 0.15) is 59.6 Å². The minimum Gasteiger partial charge on any atom is -0.460 e. The van der Waals surface area contributed by atoms with Crippen molar-refractivity contribution in [2.75, 3.05) is 141 Å². The largest absolute Gasteiger partial charge is 0.460 e. The standard InChI is InChI=1S/C100H134N16O21/c1-61-16-12-11-13-17-62(2)81(127-8)52-75-25-19-67(7)100(126,137-75)91(122)95(124)115-32-15-14-18-77(115)96(125)135-82(53-78(117)63(3)47-66(6)89(121)90(129-10)88(120)65(5)46-61)64(4)48-68-21-26-80(83(50-68)128-9)134-85(119)28-22-70-54-104-98(105-55-70)112-34-36-113(37-35-112)99-106-56-74(57-107-99)94(123)103-31-39-131-41-43-133-45-44-132-42-40-130-38-30-84(118)114-33-29-71-49-69(20-23-73(71)59-114)58-116-93-86(92(101)108-60-109-93)87(111-116)72-24-27-79-76(51-72)110-97(102)136-79/h11-13,16-17,20,23-24,27,47,49,51,54-57,60-61,63-65,67-68,75,77,80-83,89-90,121,126H,14-15,18-19,21-22,25-26,28-46,48,50,52-53,58-59H2,1-10H3,(H2,102,110)(H,103,123)(H2,101,108,109)/b13-11+,16-12+,62-17+,66-47+/t61-,63-,64-,65-,67-,68+,75+,77+,80-,81+,82+,83-,89-,90+,100-/m1/s1. The predicted octanol–water partition coefficient (Wildman–Crippen LogP) is 9.20. The van der Waals surface area contributed by atoms with E-state index in [9.17, 15) is 48.6 Å². The third-order valence-corrected chi connectivity index (χ3v) is 27.1. The lowest BCUT2D eigenvalue weighted by molar-refractivity contribution is -0.265. The molecule has 2 bridgehead atoms. The Morgan fingerprint density at radius 2 is 1.41 bits per heavy atom. The van der Waals surface area contributed by atoms with Crippen molar-refractivity contribution in [3.8, 4) is 11.3 Å². The second kappa shape index (κ2) is 49.3. The number of aryl methyl sites for hydroxylation is 1. The van der Waals surface area contributed by atoms with Crippen LogP contribution in [0.1, 0.15) is 171 Å². The molecule has 3 saturated heterocycles. The van der Waals surface area contributed by atoms with Gasteiger partial charge in [-0.25, -0.2) is 39.4 Å². The fraction of sp³-hybridized carbons (Fsp3) is 0.580. The zero-order valence-corrected chi connectivity index (χ0v) is 80.4. The minimum absolute atomic E-state index is 0.0243. The molecule has 37 nitrogen and oxygen atoms in total. The van der Waals surface area contributed by atoms with Gasteiger partial charge in [-0.2, -0.15) is 10.1 Å². The van der Waals surface area contributed by atoms with Gasteiger partial charge in [0, 0.05) is 141 Å². The number of anilines is 4. The van der Waals surface area contributed by atoms with Gasteiger partial charge in [0.15, 0.2) is 17.0 Å². The van der Waals surface area contributed by atoms with Crippen LogP contribution in [0.5, 0.6) is 0 Å². The lowest BCUT2D eigenvalue weighted by atomic mass is 9.78. The molecular formula is C100H134N16O21.